The first-order valence-electron chi connectivity index (χ1n) is 6.97. The second-order valence-corrected chi connectivity index (χ2v) is 5.99. The van der Waals surface area contributed by atoms with Gasteiger partial charge in [0.25, 0.3) is 0 Å². The van der Waals surface area contributed by atoms with Crippen molar-refractivity contribution in [2.24, 2.45) is 5.92 Å². The Bertz CT molecular complexity index is 425. The average Bonchev–Trinajstić information content (AvgIpc) is 2.47. The van der Waals surface area contributed by atoms with Gasteiger partial charge >= 0.3 is 0 Å². The summed E-state index contributed by atoms with van der Waals surface area (Å²) in [6, 6.07) is 4.50. The number of aliphatic hydroxyl groups is 1. The van der Waals surface area contributed by atoms with Gasteiger partial charge in [-0.15, -0.1) is 0 Å². The normalized spacial score (nSPS) is 28.2. The van der Waals surface area contributed by atoms with E-state index >= 15 is 0 Å². The van der Waals surface area contributed by atoms with E-state index in [9.17, 15) is 5.11 Å². The molecular weight excluding hydrogens is 262 g/mol. The maximum Gasteiger partial charge on any atom is 0.128 e. The minimum atomic E-state index is 0.325. The Morgan fingerprint density at radius 3 is 2.89 bits per heavy atom. The maximum absolute atomic E-state index is 9.28. The number of nitrogens with zero attached hydrogens (tertiary/aromatic N) is 3. The standard InChI is InChI=1S/C14H20ClN3O/c15-12-2-4-14(16-7-12)18-6-5-17-8-11(10-19)1-3-13(17)9-18/h2,4,7,11,13,19H,1,3,5-6,8-10H2. The average molecular weight is 282 g/mol. The SMILES string of the molecule is OCC1CCC2CN(c3ccc(Cl)cn3)CCN2C1. The maximum atomic E-state index is 9.28. The van der Waals surface area contributed by atoms with Crippen LogP contribution in [0, 0.1) is 5.92 Å². The van der Waals surface area contributed by atoms with Crippen LogP contribution in [-0.2, 0) is 0 Å². The van der Waals surface area contributed by atoms with Crippen molar-refractivity contribution in [2.75, 3.05) is 37.7 Å². The summed E-state index contributed by atoms with van der Waals surface area (Å²) in [4.78, 5) is 9.27. The Morgan fingerprint density at radius 2 is 2.16 bits per heavy atom. The van der Waals surface area contributed by atoms with Crippen molar-refractivity contribution >= 4 is 17.4 Å². The Kier molecular flexibility index (Phi) is 3.91. The molecule has 1 N–H and O–H groups in total. The Balaban J connectivity index is 1.65. The van der Waals surface area contributed by atoms with Crippen LogP contribution in [0.4, 0.5) is 5.82 Å². The number of hydrogen-bond donors (Lipinski definition) is 1. The zero-order valence-corrected chi connectivity index (χ0v) is 11.8. The molecule has 0 aromatic carbocycles. The fourth-order valence-electron chi connectivity index (χ4n) is 3.17. The summed E-state index contributed by atoms with van der Waals surface area (Å²) >= 11 is 5.88. The van der Waals surface area contributed by atoms with Crippen molar-refractivity contribution in [2.45, 2.75) is 18.9 Å². The third-order valence-electron chi connectivity index (χ3n) is 4.30. The number of piperidine rings is 1. The van der Waals surface area contributed by atoms with Crippen LogP contribution in [0.2, 0.25) is 5.02 Å². The van der Waals surface area contributed by atoms with Gasteiger partial charge in [0.15, 0.2) is 0 Å². The molecule has 0 aliphatic carbocycles. The number of fused-ring (bicyclic) bond motifs is 1. The number of aliphatic hydroxyl groups excluding tert-OH is 1. The number of rotatable bonds is 2. The van der Waals surface area contributed by atoms with Crippen molar-refractivity contribution in [3.05, 3.63) is 23.4 Å². The third kappa shape index (κ3) is 2.86. The quantitative estimate of drug-likeness (QED) is 0.894. The second kappa shape index (κ2) is 5.65. The van der Waals surface area contributed by atoms with Crippen LogP contribution in [0.15, 0.2) is 18.3 Å². The summed E-state index contributed by atoms with van der Waals surface area (Å²) in [5.74, 6) is 1.49. The van der Waals surface area contributed by atoms with Gasteiger partial charge in [-0.05, 0) is 30.9 Å². The summed E-state index contributed by atoms with van der Waals surface area (Å²) in [6.45, 7) is 4.47. The third-order valence-corrected chi connectivity index (χ3v) is 4.52. The van der Waals surface area contributed by atoms with E-state index in [-0.39, 0.29) is 0 Å². The molecule has 0 amide bonds. The lowest BCUT2D eigenvalue weighted by atomic mass is 9.91. The molecule has 1 aromatic rings. The highest BCUT2D eigenvalue weighted by Gasteiger charge is 2.32. The van der Waals surface area contributed by atoms with Gasteiger partial charge in [-0.2, -0.15) is 0 Å². The molecule has 1 aromatic heterocycles. The fourth-order valence-corrected chi connectivity index (χ4v) is 3.28. The zero-order valence-electron chi connectivity index (χ0n) is 11.0. The first kappa shape index (κ1) is 13.2. The summed E-state index contributed by atoms with van der Waals surface area (Å²) in [5, 5.41) is 9.96. The van der Waals surface area contributed by atoms with Crippen LogP contribution < -0.4 is 4.90 Å². The smallest absolute Gasteiger partial charge is 0.128 e. The molecule has 2 aliphatic heterocycles. The Hall–Kier alpha value is -0.840. The first-order chi connectivity index (χ1) is 9.26. The highest BCUT2D eigenvalue weighted by Crippen LogP contribution is 2.27. The number of hydrogen-bond acceptors (Lipinski definition) is 4. The minimum absolute atomic E-state index is 0.325. The molecule has 2 atom stereocenters. The predicted molar refractivity (Wildman–Crippen MR) is 76.6 cm³/mol. The lowest BCUT2D eigenvalue weighted by Crippen LogP contribution is -2.57. The number of anilines is 1. The molecule has 2 fully saturated rings. The van der Waals surface area contributed by atoms with E-state index in [2.05, 4.69) is 14.8 Å². The molecular formula is C14H20ClN3O. The molecule has 4 nitrogen and oxygen atoms in total. The molecule has 2 aliphatic rings. The molecule has 0 saturated carbocycles. The van der Waals surface area contributed by atoms with Gasteiger partial charge in [-0.25, -0.2) is 4.98 Å². The van der Waals surface area contributed by atoms with Crippen molar-refractivity contribution in [1.29, 1.82) is 0 Å². The van der Waals surface area contributed by atoms with Crippen molar-refractivity contribution in [3.63, 3.8) is 0 Å². The van der Waals surface area contributed by atoms with Crippen LogP contribution in [-0.4, -0.2) is 53.8 Å². The summed E-state index contributed by atoms with van der Waals surface area (Å²) in [6.07, 6.45) is 4.03. The van der Waals surface area contributed by atoms with Gasteiger partial charge in [0.2, 0.25) is 0 Å². The molecule has 0 spiro atoms. The second-order valence-electron chi connectivity index (χ2n) is 5.56. The van der Waals surface area contributed by atoms with Gasteiger partial charge < -0.3 is 10.0 Å². The molecule has 0 bridgehead atoms. The van der Waals surface area contributed by atoms with E-state index in [4.69, 9.17) is 11.6 Å². The van der Waals surface area contributed by atoms with E-state index in [1.165, 1.54) is 6.42 Å². The van der Waals surface area contributed by atoms with Crippen LogP contribution in [0.3, 0.4) is 0 Å². The van der Waals surface area contributed by atoms with Crippen molar-refractivity contribution in [1.82, 2.24) is 9.88 Å². The van der Waals surface area contributed by atoms with E-state index < -0.39 is 0 Å². The monoisotopic (exact) mass is 281 g/mol. The highest BCUT2D eigenvalue weighted by molar-refractivity contribution is 6.30. The highest BCUT2D eigenvalue weighted by atomic mass is 35.5. The molecule has 0 radical (unpaired) electrons. The van der Waals surface area contributed by atoms with Crippen LogP contribution in [0.5, 0.6) is 0 Å². The summed E-state index contributed by atoms with van der Waals surface area (Å²) in [5.41, 5.74) is 0. The molecule has 5 heteroatoms. The molecule has 3 rings (SSSR count). The number of piperazine rings is 1. The zero-order chi connectivity index (χ0) is 13.2. The van der Waals surface area contributed by atoms with Gasteiger partial charge in [-0.3, -0.25) is 4.90 Å². The van der Waals surface area contributed by atoms with Crippen molar-refractivity contribution < 1.29 is 5.11 Å². The first-order valence-corrected chi connectivity index (χ1v) is 7.35. The van der Waals surface area contributed by atoms with Crippen LogP contribution in [0.1, 0.15) is 12.8 Å². The summed E-state index contributed by atoms with van der Waals surface area (Å²) < 4.78 is 0. The molecule has 2 unspecified atom stereocenters. The number of aromatic nitrogens is 1. The van der Waals surface area contributed by atoms with Gasteiger partial charge in [0.1, 0.15) is 5.82 Å². The fraction of sp³-hybridized carbons (Fsp3) is 0.643. The molecule has 3 heterocycles. The number of halogens is 1. The Labute approximate surface area is 119 Å². The predicted octanol–water partition coefficient (Wildman–Crippen LogP) is 1.63. The van der Waals surface area contributed by atoms with Gasteiger partial charge in [0.05, 0.1) is 5.02 Å². The summed E-state index contributed by atoms with van der Waals surface area (Å²) in [7, 11) is 0. The largest absolute Gasteiger partial charge is 0.396 e. The van der Waals surface area contributed by atoms with Crippen LogP contribution in [0.25, 0.3) is 0 Å². The molecule has 104 valence electrons. The molecule has 19 heavy (non-hydrogen) atoms. The minimum Gasteiger partial charge on any atom is -0.396 e. The van der Waals surface area contributed by atoms with E-state index in [1.807, 2.05) is 12.1 Å². The van der Waals surface area contributed by atoms with Gasteiger partial charge in [0, 0.05) is 45.0 Å². The Morgan fingerprint density at radius 1 is 1.26 bits per heavy atom. The van der Waals surface area contributed by atoms with Gasteiger partial charge in [-0.1, -0.05) is 11.6 Å². The van der Waals surface area contributed by atoms with Crippen LogP contribution >= 0.6 is 11.6 Å². The lowest BCUT2D eigenvalue weighted by Gasteiger charge is -2.46. The van der Waals surface area contributed by atoms with E-state index in [1.54, 1.807) is 6.20 Å². The lowest BCUT2D eigenvalue weighted by molar-refractivity contribution is 0.0672. The van der Waals surface area contributed by atoms with Crippen molar-refractivity contribution in [3.8, 4) is 0 Å². The molecule has 2 saturated heterocycles. The number of pyridine rings is 1. The van der Waals surface area contributed by atoms with E-state index in [0.717, 1.165) is 38.4 Å². The van der Waals surface area contributed by atoms with E-state index in [0.29, 0.717) is 23.6 Å². The topological polar surface area (TPSA) is 39.6 Å².